The molecule has 0 saturated carbocycles. The Balaban J connectivity index is 2.11. The van der Waals surface area contributed by atoms with Crippen LogP contribution in [0.4, 0.5) is 5.69 Å². The maximum Gasteiger partial charge on any atom is 0.251 e. The average Bonchev–Trinajstić information content (AvgIpc) is 2.62. The summed E-state index contributed by atoms with van der Waals surface area (Å²) in [5.74, 6) is 0.259. The van der Waals surface area contributed by atoms with Crippen molar-refractivity contribution in [3.05, 3.63) is 64.7 Å². The Kier molecular flexibility index (Phi) is 7.34. The summed E-state index contributed by atoms with van der Waals surface area (Å²) in [4.78, 5) is 25.0. The third-order valence-electron chi connectivity index (χ3n) is 3.73. The Morgan fingerprint density at radius 3 is 2.56 bits per heavy atom. The van der Waals surface area contributed by atoms with E-state index in [2.05, 4.69) is 10.6 Å². The summed E-state index contributed by atoms with van der Waals surface area (Å²) in [5.41, 5.74) is 2.10. The van der Waals surface area contributed by atoms with Crippen LogP contribution in [-0.4, -0.2) is 29.9 Å². The zero-order valence-corrected chi connectivity index (χ0v) is 15.8. The van der Waals surface area contributed by atoms with Crippen LogP contribution in [0.5, 0.6) is 0 Å². The van der Waals surface area contributed by atoms with E-state index < -0.39 is 6.04 Å². The van der Waals surface area contributed by atoms with Crippen LogP contribution in [-0.2, 0) is 4.79 Å². The van der Waals surface area contributed by atoms with Crippen molar-refractivity contribution in [2.75, 3.05) is 17.3 Å². The van der Waals surface area contributed by atoms with Gasteiger partial charge in [0.1, 0.15) is 6.04 Å². The molecule has 0 aliphatic carbocycles. The number of rotatable bonds is 7. The third kappa shape index (κ3) is 5.80. The molecule has 2 rings (SSSR count). The van der Waals surface area contributed by atoms with Gasteiger partial charge in [-0.25, -0.2) is 0 Å². The van der Waals surface area contributed by atoms with Crippen LogP contribution in [0.15, 0.2) is 48.5 Å². The fourth-order valence-electron chi connectivity index (χ4n) is 2.28. The zero-order valence-electron chi connectivity index (χ0n) is 14.2. The fraction of sp³-hybridized carbons (Fsp3) is 0.263. The van der Waals surface area contributed by atoms with Crippen molar-refractivity contribution in [3.8, 4) is 0 Å². The summed E-state index contributed by atoms with van der Waals surface area (Å²) in [7, 11) is 0. The lowest BCUT2D eigenvalue weighted by Crippen LogP contribution is -2.44. The third-order valence-corrected chi connectivity index (χ3v) is 4.60. The minimum atomic E-state index is -0.612. The summed E-state index contributed by atoms with van der Waals surface area (Å²) in [5, 5.41) is 6.25. The quantitative estimate of drug-likeness (QED) is 0.763. The molecule has 0 aliphatic rings. The lowest BCUT2D eigenvalue weighted by molar-refractivity contribution is -0.118. The number of anilines is 1. The van der Waals surface area contributed by atoms with Gasteiger partial charge in [0.2, 0.25) is 5.91 Å². The standard InChI is InChI=1S/C19H21ClN2O2S/c1-13-8-9-15(20)12-17(13)22-19(24)16(10-11-25-2)21-18(23)14-6-4-3-5-7-14/h3-9,12,16H,10-11H2,1-2H3,(H,21,23)(H,22,24)/t16-/m1/s1. The molecule has 132 valence electrons. The minimum Gasteiger partial charge on any atom is -0.340 e. The first-order valence-corrected chi connectivity index (χ1v) is 9.70. The Morgan fingerprint density at radius 1 is 1.16 bits per heavy atom. The van der Waals surface area contributed by atoms with Crippen LogP contribution < -0.4 is 10.6 Å². The molecule has 0 heterocycles. The van der Waals surface area contributed by atoms with E-state index in [4.69, 9.17) is 11.6 Å². The average molecular weight is 377 g/mol. The molecular weight excluding hydrogens is 356 g/mol. The topological polar surface area (TPSA) is 58.2 Å². The highest BCUT2D eigenvalue weighted by molar-refractivity contribution is 7.98. The Hall–Kier alpha value is -1.98. The fourth-order valence-corrected chi connectivity index (χ4v) is 2.93. The predicted molar refractivity (Wildman–Crippen MR) is 106 cm³/mol. The molecule has 0 spiro atoms. The normalized spacial score (nSPS) is 11.6. The van der Waals surface area contributed by atoms with E-state index in [1.807, 2.05) is 25.3 Å². The molecule has 25 heavy (non-hydrogen) atoms. The Labute approximate surface area is 157 Å². The van der Waals surface area contributed by atoms with Crippen molar-refractivity contribution >= 4 is 40.9 Å². The first-order chi connectivity index (χ1) is 12.0. The van der Waals surface area contributed by atoms with E-state index in [1.165, 1.54) is 0 Å². The van der Waals surface area contributed by atoms with Gasteiger partial charge in [-0.05, 0) is 55.2 Å². The number of aryl methyl sites for hydroxylation is 1. The van der Waals surface area contributed by atoms with Crippen LogP contribution in [0.25, 0.3) is 0 Å². The molecule has 6 heteroatoms. The molecule has 0 bridgehead atoms. The number of amides is 2. The molecule has 0 saturated heterocycles. The molecule has 0 unspecified atom stereocenters. The number of benzene rings is 2. The highest BCUT2D eigenvalue weighted by atomic mass is 35.5. The van der Waals surface area contributed by atoms with Crippen LogP contribution in [0.1, 0.15) is 22.3 Å². The highest BCUT2D eigenvalue weighted by Crippen LogP contribution is 2.20. The molecule has 0 aliphatic heterocycles. The Bertz CT molecular complexity index is 737. The van der Waals surface area contributed by atoms with Crippen LogP contribution in [0.3, 0.4) is 0 Å². The number of carbonyl (C=O) groups excluding carboxylic acids is 2. The largest absolute Gasteiger partial charge is 0.340 e. The number of hydrogen-bond acceptors (Lipinski definition) is 3. The van der Waals surface area contributed by atoms with Crippen molar-refractivity contribution < 1.29 is 9.59 Å². The minimum absolute atomic E-state index is 0.247. The SMILES string of the molecule is CSCC[C@@H](NC(=O)c1ccccc1)C(=O)Nc1cc(Cl)ccc1C. The molecule has 2 N–H and O–H groups in total. The molecule has 4 nitrogen and oxygen atoms in total. The van der Waals surface area contributed by atoms with Gasteiger partial charge in [0, 0.05) is 16.3 Å². The number of carbonyl (C=O) groups is 2. The summed E-state index contributed by atoms with van der Waals surface area (Å²) in [6, 6.07) is 13.6. The molecule has 0 radical (unpaired) electrons. The van der Waals surface area contributed by atoms with Crippen molar-refractivity contribution in [2.45, 2.75) is 19.4 Å². The highest BCUT2D eigenvalue weighted by Gasteiger charge is 2.21. The second kappa shape index (κ2) is 9.49. The van der Waals surface area contributed by atoms with Gasteiger partial charge in [0.25, 0.3) is 5.91 Å². The molecule has 2 aromatic carbocycles. The molecule has 2 aromatic rings. The first kappa shape index (κ1) is 19.3. The summed E-state index contributed by atoms with van der Waals surface area (Å²) >= 11 is 7.63. The summed E-state index contributed by atoms with van der Waals surface area (Å²) in [6.45, 7) is 1.89. The van der Waals surface area contributed by atoms with E-state index in [9.17, 15) is 9.59 Å². The number of nitrogens with one attached hydrogen (secondary N) is 2. The van der Waals surface area contributed by atoms with Gasteiger partial charge in [-0.1, -0.05) is 35.9 Å². The van der Waals surface area contributed by atoms with Crippen LogP contribution in [0.2, 0.25) is 5.02 Å². The summed E-state index contributed by atoms with van der Waals surface area (Å²) < 4.78 is 0. The van der Waals surface area contributed by atoms with E-state index >= 15 is 0 Å². The second-order valence-corrected chi connectivity index (χ2v) is 7.04. The van der Waals surface area contributed by atoms with Gasteiger partial charge in [-0.15, -0.1) is 0 Å². The van der Waals surface area contributed by atoms with Gasteiger partial charge >= 0.3 is 0 Å². The first-order valence-electron chi connectivity index (χ1n) is 7.93. The van der Waals surface area contributed by atoms with Gasteiger partial charge in [-0.3, -0.25) is 9.59 Å². The molecule has 0 fully saturated rings. The van der Waals surface area contributed by atoms with Crippen molar-refractivity contribution in [1.82, 2.24) is 5.32 Å². The maximum absolute atomic E-state index is 12.7. The van der Waals surface area contributed by atoms with Crippen molar-refractivity contribution in [3.63, 3.8) is 0 Å². The van der Waals surface area contributed by atoms with Crippen molar-refractivity contribution in [1.29, 1.82) is 0 Å². The zero-order chi connectivity index (χ0) is 18.2. The number of halogens is 1. The lowest BCUT2D eigenvalue weighted by Gasteiger charge is -2.19. The molecular formula is C19H21ClN2O2S. The van der Waals surface area contributed by atoms with Gasteiger partial charge in [0.15, 0.2) is 0 Å². The van der Waals surface area contributed by atoms with Gasteiger partial charge in [0.05, 0.1) is 0 Å². The Morgan fingerprint density at radius 2 is 1.88 bits per heavy atom. The maximum atomic E-state index is 12.7. The molecule has 1 atom stereocenters. The smallest absolute Gasteiger partial charge is 0.251 e. The van der Waals surface area contributed by atoms with Crippen LogP contribution in [0, 0.1) is 6.92 Å². The van der Waals surface area contributed by atoms with E-state index in [0.717, 1.165) is 11.3 Å². The van der Waals surface area contributed by atoms with Crippen LogP contribution >= 0.6 is 23.4 Å². The monoisotopic (exact) mass is 376 g/mol. The summed E-state index contributed by atoms with van der Waals surface area (Å²) in [6.07, 6.45) is 2.51. The molecule has 2 amide bonds. The number of thioether (sulfide) groups is 1. The van der Waals surface area contributed by atoms with E-state index in [1.54, 1.807) is 48.2 Å². The van der Waals surface area contributed by atoms with Gasteiger partial charge in [-0.2, -0.15) is 11.8 Å². The van der Waals surface area contributed by atoms with Gasteiger partial charge < -0.3 is 10.6 Å². The van der Waals surface area contributed by atoms with E-state index in [-0.39, 0.29) is 11.8 Å². The lowest BCUT2D eigenvalue weighted by atomic mass is 10.1. The van der Waals surface area contributed by atoms with E-state index in [0.29, 0.717) is 22.7 Å². The predicted octanol–water partition coefficient (Wildman–Crippen LogP) is 4.14. The second-order valence-electron chi connectivity index (χ2n) is 5.62. The number of hydrogen-bond donors (Lipinski definition) is 2. The van der Waals surface area contributed by atoms with Crippen molar-refractivity contribution in [2.24, 2.45) is 0 Å². The molecule has 0 aromatic heterocycles.